The van der Waals surface area contributed by atoms with Crippen molar-refractivity contribution in [2.24, 2.45) is 0 Å². The van der Waals surface area contributed by atoms with E-state index >= 15 is 0 Å². The predicted molar refractivity (Wildman–Crippen MR) is 28.1 cm³/mol. The molecule has 0 aliphatic rings. The van der Waals surface area contributed by atoms with Crippen molar-refractivity contribution >= 4 is 15.2 Å². The predicted octanol–water partition coefficient (Wildman–Crippen LogP) is 0.556. The van der Waals surface area contributed by atoms with Crippen LogP contribution in [0.5, 0.6) is 0 Å². The van der Waals surface area contributed by atoms with E-state index in [-0.39, 0.29) is 26.0 Å². The number of rotatable bonds is 1. The van der Waals surface area contributed by atoms with Crippen LogP contribution in [0.1, 0.15) is 0 Å². The summed E-state index contributed by atoms with van der Waals surface area (Å²) in [5.74, 6) is -0.907. The van der Waals surface area contributed by atoms with Gasteiger partial charge in [0.25, 0.3) is 0 Å². The number of carboxylic acids is 1. The molecule has 0 spiro atoms. The summed E-state index contributed by atoms with van der Waals surface area (Å²) in [6.45, 7) is 0. The van der Waals surface area contributed by atoms with Crippen molar-refractivity contribution in [1.29, 1.82) is 0 Å². The van der Waals surface area contributed by atoms with Gasteiger partial charge in [0.2, 0.25) is 0 Å². The minimum Gasteiger partial charge on any atom is -0.503 e. The molecule has 41 valence electrons. The average Bonchev–Trinajstić information content (AvgIpc) is 1.38. The maximum atomic E-state index is 9.29. The van der Waals surface area contributed by atoms with Gasteiger partial charge in [-0.1, -0.05) is 0 Å². The molecule has 4 heteroatoms. The number of carbonyl (C=O) groups is 1. The summed E-state index contributed by atoms with van der Waals surface area (Å²) in [6.07, 6.45) is 1.00. The van der Waals surface area contributed by atoms with Gasteiger partial charge in [-0.15, -0.1) is 0 Å². The molecule has 0 fully saturated rings. The number of aliphatic carboxylic acids is 1. The molecule has 0 rings (SSSR count). The van der Waals surface area contributed by atoms with Gasteiger partial charge in [-0.25, -0.2) is 0 Å². The van der Waals surface area contributed by atoms with Crippen LogP contribution >= 0.6 is 9.24 Å². The Morgan fingerprint density at radius 2 is 1.86 bits per heavy atom. The Bertz CT molecular complexity index is 48.2. The second-order valence-electron chi connectivity index (χ2n) is 0.505. The fraction of sp³-hybridized carbons (Fsp3) is 0. The van der Waals surface area contributed by atoms with Crippen LogP contribution in [-0.2, 0) is 23.4 Å². The first-order valence-electron chi connectivity index (χ1n) is 1.05. The van der Waals surface area contributed by atoms with E-state index in [9.17, 15) is 4.79 Å². The standard InChI is InChI=1S/C2H4O2P.CH3.V/c3-2(4)1-5;;/h1H,5H2,(H,3,4);1H3;/q2*-1;+2. The zero-order valence-corrected chi connectivity index (χ0v) is 6.51. The molecule has 0 amide bonds. The quantitative estimate of drug-likeness (QED) is 0.445. The molecular weight excluding hydrogens is 150 g/mol. The molecule has 0 saturated heterocycles. The molecule has 0 aromatic carbocycles. The summed E-state index contributed by atoms with van der Waals surface area (Å²) in [4.78, 5) is 9.29. The van der Waals surface area contributed by atoms with E-state index in [0.717, 1.165) is 6.16 Å². The molecule has 0 aliphatic carbocycles. The molecule has 1 atom stereocenters. The van der Waals surface area contributed by atoms with Crippen LogP contribution in [0.25, 0.3) is 0 Å². The third kappa shape index (κ3) is 21.7. The molecule has 0 heterocycles. The molecule has 0 aromatic rings. The fourth-order valence-corrected chi connectivity index (χ4v) is 0. The first-order chi connectivity index (χ1) is 2.27. The maximum absolute atomic E-state index is 9.29. The Labute approximate surface area is 57.8 Å². The van der Waals surface area contributed by atoms with E-state index in [2.05, 4.69) is 0 Å². The number of hydrogen-bond acceptors (Lipinski definition) is 1. The van der Waals surface area contributed by atoms with Crippen molar-refractivity contribution < 1.29 is 28.5 Å². The number of hydrogen-bond donors (Lipinski definition) is 1. The van der Waals surface area contributed by atoms with E-state index in [1.54, 1.807) is 0 Å². The zero-order valence-electron chi connectivity index (χ0n) is 3.96. The Kier molecular flexibility index (Phi) is 21.5. The van der Waals surface area contributed by atoms with Crippen molar-refractivity contribution in [1.82, 2.24) is 0 Å². The molecule has 1 unspecified atom stereocenters. The van der Waals surface area contributed by atoms with Gasteiger partial charge < -0.3 is 12.5 Å². The largest absolute Gasteiger partial charge is 2.00 e. The van der Waals surface area contributed by atoms with Gasteiger partial charge >= 0.3 is 18.6 Å². The number of carboxylic acid groups (broad SMARTS) is 1. The summed E-state index contributed by atoms with van der Waals surface area (Å²) in [6, 6.07) is 0. The molecule has 0 aliphatic heterocycles. The second kappa shape index (κ2) is 9.61. The summed E-state index contributed by atoms with van der Waals surface area (Å²) < 4.78 is 0. The van der Waals surface area contributed by atoms with Crippen molar-refractivity contribution in [2.45, 2.75) is 0 Å². The molecule has 0 saturated carbocycles. The first-order valence-corrected chi connectivity index (χ1v) is 1.72. The van der Waals surface area contributed by atoms with Gasteiger partial charge in [0.15, 0.2) is 5.97 Å². The second-order valence-corrected chi connectivity index (χ2v) is 0.838. The van der Waals surface area contributed by atoms with Gasteiger partial charge in [-0.05, 0) is 0 Å². The Morgan fingerprint density at radius 3 is 1.86 bits per heavy atom. The third-order valence-corrected chi connectivity index (χ3v) is 0.428. The van der Waals surface area contributed by atoms with Crippen LogP contribution in [0, 0.1) is 13.6 Å². The van der Waals surface area contributed by atoms with E-state index in [1.165, 1.54) is 0 Å². The van der Waals surface area contributed by atoms with Crippen molar-refractivity contribution in [3.63, 3.8) is 0 Å². The third-order valence-electron chi connectivity index (χ3n) is 0.143. The average molecular weight is 157 g/mol. The summed E-state index contributed by atoms with van der Waals surface area (Å²) >= 11 is 0. The zero-order chi connectivity index (χ0) is 4.28. The molecule has 0 bridgehead atoms. The minimum absolute atomic E-state index is 0. The summed E-state index contributed by atoms with van der Waals surface area (Å²) in [7, 11) is 1.97. The minimum atomic E-state index is -0.907. The molecule has 7 heavy (non-hydrogen) atoms. The summed E-state index contributed by atoms with van der Waals surface area (Å²) in [5.41, 5.74) is 0. The van der Waals surface area contributed by atoms with Gasteiger partial charge in [0.05, 0.1) is 0 Å². The maximum Gasteiger partial charge on any atom is 2.00 e. The van der Waals surface area contributed by atoms with Gasteiger partial charge in [0.1, 0.15) is 0 Å². The fourth-order valence-electron chi connectivity index (χ4n) is 0. The Hall–Kier alpha value is 0.354. The Morgan fingerprint density at radius 1 is 1.71 bits per heavy atom. The van der Waals surface area contributed by atoms with Gasteiger partial charge in [0, 0.05) is 0 Å². The van der Waals surface area contributed by atoms with E-state index in [0.29, 0.717) is 0 Å². The molecule has 0 aromatic heterocycles. The Balaban J connectivity index is -0.0000000800. The van der Waals surface area contributed by atoms with Crippen LogP contribution in [0.2, 0.25) is 0 Å². The van der Waals surface area contributed by atoms with E-state index < -0.39 is 5.97 Å². The van der Waals surface area contributed by atoms with Gasteiger partial charge in [-0.2, -0.15) is 0 Å². The van der Waals surface area contributed by atoms with Crippen molar-refractivity contribution in [3.05, 3.63) is 13.6 Å². The van der Waals surface area contributed by atoms with E-state index in [4.69, 9.17) is 5.11 Å². The molecule has 1 N–H and O–H groups in total. The van der Waals surface area contributed by atoms with Crippen LogP contribution in [-0.4, -0.2) is 11.1 Å². The van der Waals surface area contributed by atoms with E-state index in [1.807, 2.05) is 9.24 Å². The van der Waals surface area contributed by atoms with Crippen LogP contribution in [0.15, 0.2) is 0 Å². The first kappa shape index (κ1) is 15.7. The SMILES string of the molecule is O=C(O)[CH-]P.[CH3-].[V+2]. The van der Waals surface area contributed by atoms with Crippen LogP contribution in [0.4, 0.5) is 0 Å². The monoisotopic (exact) mass is 157 g/mol. The molecule has 1 radical (unpaired) electrons. The van der Waals surface area contributed by atoms with Crippen LogP contribution < -0.4 is 0 Å². The van der Waals surface area contributed by atoms with Crippen LogP contribution in [0.3, 0.4) is 0 Å². The topological polar surface area (TPSA) is 37.3 Å². The van der Waals surface area contributed by atoms with Gasteiger partial charge in [-0.3, -0.25) is 20.2 Å². The molecule has 2 nitrogen and oxygen atoms in total. The normalized spacial score (nSPS) is 4.71. The summed E-state index contributed by atoms with van der Waals surface area (Å²) in [5, 5.41) is 7.65. The van der Waals surface area contributed by atoms with Crippen molar-refractivity contribution in [3.8, 4) is 0 Å². The molecular formula is C3H7O2PV. The smallest absolute Gasteiger partial charge is 0.503 e. The van der Waals surface area contributed by atoms with Crippen molar-refractivity contribution in [2.75, 3.05) is 0 Å².